The first-order valence-corrected chi connectivity index (χ1v) is 6.66. The molecule has 4 nitrogen and oxygen atoms in total. The van der Waals surface area contributed by atoms with E-state index in [1.807, 2.05) is 13.8 Å². The summed E-state index contributed by atoms with van der Waals surface area (Å²) in [7, 11) is 0. The highest BCUT2D eigenvalue weighted by Crippen LogP contribution is 2.45. The van der Waals surface area contributed by atoms with Gasteiger partial charge in [0.2, 0.25) is 0 Å². The van der Waals surface area contributed by atoms with Crippen molar-refractivity contribution < 1.29 is 19.4 Å². The maximum atomic E-state index is 11.3. The van der Waals surface area contributed by atoms with Crippen molar-refractivity contribution in [2.45, 2.75) is 32.6 Å². The molecule has 1 aromatic rings. The number of ether oxygens (including phenoxy) is 2. The second-order valence-electron chi connectivity index (χ2n) is 4.92. The number of carboxylic acid groups (broad SMARTS) is 1. The van der Waals surface area contributed by atoms with Gasteiger partial charge in [0.15, 0.2) is 11.5 Å². The fourth-order valence-corrected chi connectivity index (χ4v) is 2.69. The van der Waals surface area contributed by atoms with Crippen molar-refractivity contribution in [2.24, 2.45) is 0 Å². The molecule has 0 saturated heterocycles. The van der Waals surface area contributed by atoms with Crippen molar-refractivity contribution in [3.05, 3.63) is 22.2 Å². The molecule has 1 N–H and O–H groups in total. The van der Waals surface area contributed by atoms with Crippen LogP contribution in [0.25, 0.3) is 0 Å². The number of aliphatic carboxylic acids is 1. The summed E-state index contributed by atoms with van der Waals surface area (Å²) < 4.78 is 11.2. The molecule has 0 fully saturated rings. The summed E-state index contributed by atoms with van der Waals surface area (Å²) in [6, 6.07) is 1.65. The average molecular weight is 285 g/mol. The lowest BCUT2D eigenvalue weighted by Gasteiger charge is -2.27. The number of halogens is 1. The van der Waals surface area contributed by atoms with Gasteiger partial charge in [-0.3, -0.25) is 4.79 Å². The normalized spacial score (nSPS) is 15.4. The molecule has 5 heteroatoms. The number of carboxylic acids is 1. The van der Waals surface area contributed by atoms with Crippen molar-refractivity contribution in [1.82, 2.24) is 0 Å². The van der Waals surface area contributed by atoms with Crippen molar-refractivity contribution in [3.8, 4) is 11.5 Å². The van der Waals surface area contributed by atoms with E-state index in [1.54, 1.807) is 13.0 Å². The lowest BCUT2D eigenvalue weighted by atomic mass is 9.88. The van der Waals surface area contributed by atoms with E-state index in [4.69, 9.17) is 21.1 Å². The van der Waals surface area contributed by atoms with Crippen LogP contribution in [0.1, 0.15) is 43.7 Å². The second-order valence-corrected chi connectivity index (χ2v) is 5.33. The van der Waals surface area contributed by atoms with Crippen molar-refractivity contribution in [3.63, 3.8) is 0 Å². The Labute approximate surface area is 117 Å². The molecule has 0 aliphatic carbocycles. The average Bonchev–Trinajstić information content (AvgIpc) is 2.35. The highest BCUT2D eigenvalue weighted by molar-refractivity contribution is 6.32. The molecule has 0 aromatic heterocycles. The van der Waals surface area contributed by atoms with Crippen LogP contribution >= 0.6 is 11.6 Å². The summed E-state index contributed by atoms with van der Waals surface area (Å²) in [6.45, 7) is 6.55. The number of hydrogen-bond acceptors (Lipinski definition) is 3. The zero-order chi connectivity index (χ0) is 14.2. The lowest BCUT2D eigenvalue weighted by molar-refractivity contribution is -0.138. The number of fused-ring (bicyclic) bond motifs is 1. The Hall–Kier alpha value is -1.42. The quantitative estimate of drug-likeness (QED) is 0.924. The van der Waals surface area contributed by atoms with E-state index in [1.165, 1.54) is 0 Å². The van der Waals surface area contributed by atoms with Crippen molar-refractivity contribution >= 4 is 17.6 Å². The monoisotopic (exact) mass is 284 g/mol. The first-order chi connectivity index (χ1) is 8.93. The molecule has 1 unspecified atom stereocenters. The van der Waals surface area contributed by atoms with Gasteiger partial charge in [-0.15, -0.1) is 0 Å². The molecule has 19 heavy (non-hydrogen) atoms. The van der Waals surface area contributed by atoms with E-state index in [0.717, 1.165) is 5.56 Å². The van der Waals surface area contributed by atoms with Crippen LogP contribution in [-0.4, -0.2) is 24.3 Å². The fourth-order valence-electron chi connectivity index (χ4n) is 2.33. The predicted octanol–water partition coefficient (Wildman–Crippen LogP) is 3.42. The Kier molecular flexibility index (Phi) is 3.90. The van der Waals surface area contributed by atoms with E-state index < -0.39 is 11.9 Å². The topological polar surface area (TPSA) is 55.8 Å². The smallest absolute Gasteiger partial charge is 0.310 e. The minimum atomic E-state index is -0.902. The molecular formula is C14H17ClO4. The predicted molar refractivity (Wildman–Crippen MR) is 72.6 cm³/mol. The Morgan fingerprint density at radius 1 is 1.26 bits per heavy atom. The molecule has 104 valence electrons. The van der Waals surface area contributed by atoms with Crippen molar-refractivity contribution in [2.75, 3.05) is 13.2 Å². The highest BCUT2D eigenvalue weighted by atomic mass is 35.5. The van der Waals surface area contributed by atoms with Crippen molar-refractivity contribution in [1.29, 1.82) is 0 Å². The molecule has 1 heterocycles. The standard InChI is InChI=1S/C14H17ClO4/c1-7(2)11-12(8(3)14(16)17)9(15)6-10-13(11)19-5-4-18-10/h6-8H,4-5H2,1-3H3,(H,16,17). The summed E-state index contributed by atoms with van der Waals surface area (Å²) in [5.74, 6) is -0.248. The number of rotatable bonds is 3. The summed E-state index contributed by atoms with van der Waals surface area (Å²) >= 11 is 6.25. The molecule has 0 bridgehead atoms. The van der Waals surface area contributed by atoms with Crippen LogP contribution in [0.5, 0.6) is 11.5 Å². The van der Waals surface area contributed by atoms with Gasteiger partial charge in [0.1, 0.15) is 13.2 Å². The van der Waals surface area contributed by atoms with Gasteiger partial charge in [-0.25, -0.2) is 0 Å². The molecule has 2 rings (SSSR count). The molecule has 1 aromatic carbocycles. The summed E-state index contributed by atoms with van der Waals surface area (Å²) in [5, 5.41) is 9.66. The number of carbonyl (C=O) groups is 1. The van der Waals surface area contributed by atoms with Crippen LogP contribution in [0.15, 0.2) is 6.07 Å². The van der Waals surface area contributed by atoms with Crippen LogP contribution in [0, 0.1) is 0 Å². The fraction of sp³-hybridized carbons (Fsp3) is 0.500. The van der Waals surface area contributed by atoms with Gasteiger partial charge in [0.25, 0.3) is 0 Å². The van der Waals surface area contributed by atoms with Gasteiger partial charge < -0.3 is 14.6 Å². The van der Waals surface area contributed by atoms with Gasteiger partial charge in [-0.1, -0.05) is 25.4 Å². The largest absolute Gasteiger partial charge is 0.486 e. The molecule has 1 aliphatic rings. The molecule has 0 amide bonds. The van der Waals surface area contributed by atoms with Gasteiger partial charge >= 0.3 is 5.97 Å². The highest BCUT2D eigenvalue weighted by Gasteiger charge is 2.29. The Morgan fingerprint density at radius 2 is 1.89 bits per heavy atom. The molecule has 0 radical (unpaired) electrons. The van der Waals surface area contributed by atoms with E-state index in [2.05, 4.69) is 0 Å². The van der Waals surface area contributed by atoms with Gasteiger partial charge in [0, 0.05) is 16.7 Å². The van der Waals surface area contributed by atoms with E-state index >= 15 is 0 Å². The molecular weight excluding hydrogens is 268 g/mol. The maximum Gasteiger partial charge on any atom is 0.310 e. The maximum absolute atomic E-state index is 11.3. The third-order valence-corrected chi connectivity index (χ3v) is 3.55. The minimum Gasteiger partial charge on any atom is -0.486 e. The number of benzene rings is 1. The minimum absolute atomic E-state index is 0.103. The SMILES string of the molecule is CC(C)c1c2c(cc(Cl)c1C(C)C(=O)O)OCCO2. The van der Waals surface area contributed by atoms with E-state index in [0.29, 0.717) is 35.3 Å². The zero-order valence-electron chi connectivity index (χ0n) is 11.2. The second kappa shape index (κ2) is 5.29. The van der Waals surface area contributed by atoms with E-state index in [9.17, 15) is 9.90 Å². The molecule has 1 aliphatic heterocycles. The summed E-state index contributed by atoms with van der Waals surface area (Å²) in [6.07, 6.45) is 0. The van der Waals surface area contributed by atoms with Gasteiger partial charge in [0.05, 0.1) is 5.92 Å². The summed E-state index contributed by atoms with van der Waals surface area (Å²) in [4.78, 5) is 11.3. The van der Waals surface area contributed by atoms with Crippen LogP contribution in [-0.2, 0) is 4.79 Å². The van der Waals surface area contributed by atoms with Gasteiger partial charge in [-0.05, 0) is 18.4 Å². The first kappa shape index (κ1) is 14.0. The summed E-state index contributed by atoms with van der Waals surface area (Å²) in [5.41, 5.74) is 1.45. The van der Waals surface area contributed by atoms with Gasteiger partial charge in [-0.2, -0.15) is 0 Å². The molecule has 0 saturated carbocycles. The number of hydrogen-bond donors (Lipinski definition) is 1. The third kappa shape index (κ3) is 2.50. The van der Waals surface area contributed by atoms with Crippen LogP contribution in [0.4, 0.5) is 0 Å². The van der Waals surface area contributed by atoms with Crippen LogP contribution in [0.3, 0.4) is 0 Å². The Morgan fingerprint density at radius 3 is 2.47 bits per heavy atom. The van der Waals surface area contributed by atoms with Crippen LogP contribution in [0.2, 0.25) is 5.02 Å². The zero-order valence-corrected chi connectivity index (χ0v) is 12.0. The Balaban J connectivity index is 2.68. The Bertz CT molecular complexity index is 511. The molecule has 1 atom stereocenters. The first-order valence-electron chi connectivity index (χ1n) is 6.28. The lowest BCUT2D eigenvalue weighted by Crippen LogP contribution is -2.19. The third-order valence-electron chi connectivity index (χ3n) is 3.24. The molecule has 0 spiro atoms. The van der Waals surface area contributed by atoms with Crippen LogP contribution < -0.4 is 9.47 Å². The van der Waals surface area contributed by atoms with E-state index in [-0.39, 0.29) is 5.92 Å².